The summed E-state index contributed by atoms with van der Waals surface area (Å²) in [5.74, 6) is -0.292. The van der Waals surface area contributed by atoms with Crippen molar-refractivity contribution in [3.63, 3.8) is 0 Å². The van der Waals surface area contributed by atoms with Crippen LogP contribution in [-0.4, -0.2) is 26.0 Å². The number of H-pyrrole nitrogens is 1. The summed E-state index contributed by atoms with van der Waals surface area (Å²) in [7, 11) is 0. The fraction of sp³-hybridized carbons (Fsp3) is 0.188. The van der Waals surface area contributed by atoms with Gasteiger partial charge in [0.2, 0.25) is 0 Å². The van der Waals surface area contributed by atoms with E-state index in [1.807, 2.05) is 44.2 Å². The molecule has 2 heterocycles. The van der Waals surface area contributed by atoms with E-state index in [0.717, 1.165) is 5.56 Å². The average molecular weight is 281 g/mol. The minimum absolute atomic E-state index is 0.183. The number of carboxylic acids is 1. The van der Waals surface area contributed by atoms with Crippen LogP contribution in [0.4, 0.5) is 0 Å². The number of hydrogen-bond acceptors (Lipinski definition) is 3. The Balaban J connectivity index is 2.18. The van der Waals surface area contributed by atoms with Crippen molar-refractivity contribution in [3.05, 3.63) is 59.5 Å². The van der Waals surface area contributed by atoms with Crippen molar-refractivity contribution < 1.29 is 9.90 Å². The lowest BCUT2D eigenvalue weighted by Crippen LogP contribution is -2.20. The molecule has 0 aliphatic carbocycles. The molecule has 0 saturated heterocycles. The van der Waals surface area contributed by atoms with Crippen LogP contribution in [0.3, 0.4) is 0 Å². The number of aromatic carboxylic acids is 1. The van der Waals surface area contributed by atoms with E-state index < -0.39 is 5.97 Å². The van der Waals surface area contributed by atoms with Crippen LogP contribution in [0.5, 0.6) is 0 Å². The van der Waals surface area contributed by atoms with Gasteiger partial charge in [-0.15, -0.1) is 0 Å². The highest BCUT2D eigenvalue weighted by Crippen LogP contribution is 2.30. The number of nitrogens with one attached hydrogen (secondary N) is 1. The molecule has 0 aliphatic heterocycles. The second-order valence-corrected chi connectivity index (χ2v) is 5.44. The Morgan fingerprint density at radius 2 is 1.90 bits per heavy atom. The summed E-state index contributed by atoms with van der Waals surface area (Å²) in [6.45, 7) is 4.08. The van der Waals surface area contributed by atoms with E-state index in [9.17, 15) is 9.90 Å². The number of imidazole rings is 1. The number of hydrogen-bond donors (Lipinski definition) is 2. The Morgan fingerprint density at radius 3 is 2.57 bits per heavy atom. The predicted molar refractivity (Wildman–Crippen MR) is 79.4 cm³/mol. The molecule has 1 aromatic carbocycles. The zero-order chi connectivity index (χ0) is 15.0. The first kappa shape index (κ1) is 13.3. The van der Waals surface area contributed by atoms with Crippen molar-refractivity contribution in [2.75, 3.05) is 0 Å². The molecule has 0 aliphatic rings. The highest BCUT2D eigenvalue weighted by atomic mass is 16.4. The minimum Gasteiger partial charge on any atom is -0.478 e. The minimum atomic E-state index is -0.991. The van der Waals surface area contributed by atoms with Crippen molar-refractivity contribution in [2.24, 2.45) is 0 Å². The van der Waals surface area contributed by atoms with Crippen LogP contribution in [0, 0.1) is 0 Å². The largest absolute Gasteiger partial charge is 0.478 e. The molecule has 3 rings (SSSR count). The van der Waals surface area contributed by atoms with Gasteiger partial charge in [0.1, 0.15) is 5.82 Å². The third kappa shape index (κ3) is 2.16. The second-order valence-electron chi connectivity index (χ2n) is 5.44. The van der Waals surface area contributed by atoms with Crippen molar-refractivity contribution >= 4 is 17.1 Å². The maximum Gasteiger partial charge on any atom is 0.338 e. The number of nitrogens with zero attached hydrogens (tertiary/aromatic N) is 2. The summed E-state index contributed by atoms with van der Waals surface area (Å²) in [6.07, 6.45) is 1.46. The molecule has 0 fully saturated rings. The van der Waals surface area contributed by atoms with E-state index in [-0.39, 0.29) is 11.0 Å². The standard InChI is InChI=1S/C16H15N3O2/c1-16(2,10-6-4-3-5-7-10)15-18-12-11(14(20)21)8-9-17-13(12)19-15/h3-9H,1-2H3,(H,20,21)(H,17,18,19). The van der Waals surface area contributed by atoms with E-state index in [2.05, 4.69) is 15.0 Å². The Morgan fingerprint density at radius 1 is 1.19 bits per heavy atom. The van der Waals surface area contributed by atoms with Crippen LogP contribution in [0.1, 0.15) is 35.6 Å². The molecule has 0 amide bonds. The van der Waals surface area contributed by atoms with E-state index in [1.54, 1.807) is 0 Å². The molecule has 0 radical (unpaired) electrons. The molecule has 0 unspecified atom stereocenters. The van der Waals surface area contributed by atoms with Crippen LogP contribution < -0.4 is 0 Å². The number of fused-ring (bicyclic) bond motifs is 1. The maximum atomic E-state index is 11.3. The predicted octanol–water partition coefficient (Wildman–Crippen LogP) is 2.98. The Bertz CT molecular complexity index is 807. The van der Waals surface area contributed by atoms with E-state index >= 15 is 0 Å². The topological polar surface area (TPSA) is 78.9 Å². The van der Waals surface area contributed by atoms with Crippen LogP contribution >= 0.6 is 0 Å². The number of aromatic amines is 1. The van der Waals surface area contributed by atoms with Gasteiger partial charge in [-0.05, 0) is 25.5 Å². The average Bonchev–Trinajstić information content (AvgIpc) is 2.92. The Hall–Kier alpha value is -2.69. The number of carbonyl (C=O) groups is 1. The van der Waals surface area contributed by atoms with Gasteiger partial charge in [-0.2, -0.15) is 0 Å². The lowest BCUT2D eigenvalue weighted by Gasteiger charge is -2.22. The van der Waals surface area contributed by atoms with Crippen molar-refractivity contribution in [3.8, 4) is 0 Å². The van der Waals surface area contributed by atoms with E-state index in [0.29, 0.717) is 17.0 Å². The van der Waals surface area contributed by atoms with Crippen LogP contribution in [-0.2, 0) is 5.41 Å². The number of carboxylic acid groups (broad SMARTS) is 1. The summed E-state index contributed by atoms with van der Waals surface area (Å²) >= 11 is 0. The Kier molecular flexibility index (Phi) is 2.97. The summed E-state index contributed by atoms with van der Waals surface area (Å²) in [6, 6.07) is 11.4. The SMILES string of the molecule is CC(C)(c1ccccc1)c1nc2nccc(C(=O)O)c2[nH]1. The summed E-state index contributed by atoms with van der Waals surface area (Å²) in [5, 5.41) is 9.24. The van der Waals surface area contributed by atoms with E-state index in [4.69, 9.17) is 0 Å². The summed E-state index contributed by atoms with van der Waals surface area (Å²) in [4.78, 5) is 23.0. The smallest absolute Gasteiger partial charge is 0.338 e. The molecule has 2 N–H and O–H groups in total. The number of rotatable bonds is 3. The normalized spacial score (nSPS) is 11.7. The van der Waals surface area contributed by atoms with Gasteiger partial charge in [0.05, 0.1) is 11.1 Å². The van der Waals surface area contributed by atoms with Gasteiger partial charge in [-0.25, -0.2) is 14.8 Å². The van der Waals surface area contributed by atoms with Crippen molar-refractivity contribution in [1.29, 1.82) is 0 Å². The molecule has 0 saturated carbocycles. The lowest BCUT2D eigenvalue weighted by atomic mass is 9.84. The lowest BCUT2D eigenvalue weighted by molar-refractivity contribution is 0.0698. The third-order valence-electron chi connectivity index (χ3n) is 3.71. The van der Waals surface area contributed by atoms with Crippen molar-refractivity contribution in [2.45, 2.75) is 19.3 Å². The first-order chi connectivity index (χ1) is 10.00. The summed E-state index contributed by atoms with van der Waals surface area (Å²) < 4.78 is 0. The van der Waals surface area contributed by atoms with Crippen LogP contribution in [0.2, 0.25) is 0 Å². The fourth-order valence-corrected chi connectivity index (χ4v) is 2.38. The van der Waals surface area contributed by atoms with Gasteiger partial charge in [0, 0.05) is 11.6 Å². The van der Waals surface area contributed by atoms with Gasteiger partial charge in [0.25, 0.3) is 0 Å². The summed E-state index contributed by atoms with van der Waals surface area (Å²) in [5.41, 5.74) is 1.80. The van der Waals surface area contributed by atoms with Gasteiger partial charge in [0.15, 0.2) is 5.65 Å². The number of aromatic nitrogens is 3. The third-order valence-corrected chi connectivity index (χ3v) is 3.71. The molecular formula is C16H15N3O2. The zero-order valence-corrected chi connectivity index (χ0v) is 11.8. The highest BCUT2D eigenvalue weighted by molar-refractivity contribution is 5.99. The van der Waals surface area contributed by atoms with Gasteiger partial charge >= 0.3 is 5.97 Å². The highest BCUT2D eigenvalue weighted by Gasteiger charge is 2.27. The van der Waals surface area contributed by atoms with Gasteiger partial charge < -0.3 is 10.1 Å². The molecular weight excluding hydrogens is 266 g/mol. The molecule has 106 valence electrons. The molecule has 21 heavy (non-hydrogen) atoms. The molecule has 0 bridgehead atoms. The molecule has 0 atom stereocenters. The Labute approximate surface area is 121 Å². The fourth-order valence-electron chi connectivity index (χ4n) is 2.38. The van der Waals surface area contributed by atoms with Crippen LogP contribution in [0.15, 0.2) is 42.6 Å². The van der Waals surface area contributed by atoms with Crippen molar-refractivity contribution in [1.82, 2.24) is 15.0 Å². The monoisotopic (exact) mass is 281 g/mol. The first-order valence-electron chi connectivity index (χ1n) is 6.64. The van der Waals surface area contributed by atoms with Crippen LogP contribution in [0.25, 0.3) is 11.2 Å². The number of benzene rings is 1. The zero-order valence-electron chi connectivity index (χ0n) is 11.8. The first-order valence-corrected chi connectivity index (χ1v) is 6.64. The molecule has 5 nitrogen and oxygen atoms in total. The second kappa shape index (κ2) is 4.70. The molecule has 3 aromatic rings. The molecule has 0 spiro atoms. The molecule has 5 heteroatoms. The molecule has 2 aromatic heterocycles. The van der Waals surface area contributed by atoms with Gasteiger partial charge in [-0.3, -0.25) is 0 Å². The quantitative estimate of drug-likeness (QED) is 0.773. The van der Waals surface area contributed by atoms with E-state index in [1.165, 1.54) is 12.3 Å². The maximum absolute atomic E-state index is 11.3. The number of pyridine rings is 1. The van der Waals surface area contributed by atoms with Gasteiger partial charge in [-0.1, -0.05) is 30.3 Å².